The van der Waals surface area contributed by atoms with Crippen LogP contribution in [0.25, 0.3) is 0 Å². The van der Waals surface area contributed by atoms with E-state index in [1.807, 2.05) is 11.0 Å². The Bertz CT molecular complexity index is 643. The number of amides is 1. The number of nitrogens with zero attached hydrogens (tertiary/aromatic N) is 2. The third-order valence-corrected chi connectivity index (χ3v) is 6.51. The Morgan fingerprint density at radius 1 is 1.12 bits per heavy atom. The molecule has 0 aromatic heterocycles. The van der Waals surface area contributed by atoms with Gasteiger partial charge in [-0.1, -0.05) is 45.2 Å². The Morgan fingerprint density at radius 2 is 1.81 bits per heavy atom. The average Bonchev–Trinajstić information content (AvgIpc) is 2.66. The number of hydrogen-bond donors (Lipinski definition) is 1. The normalized spacial score (nSPS) is 24.0. The van der Waals surface area contributed by atoms with Crippen molar-refractivity contribution in [3.05, 3.63) is 24.3 Å². The molecule has 2 fully saturated rings. The monoisotopic (exact) mass is 355 g/mol. The standard InChI is InChI=1S/C22H33N3O/c1-17(2)16-25-20-11-7-6-10-19(20)23-22(21(25)26)12-14-24(15-13-22)18-8-4-3-5-9-18/h6-7,10-11,17-18,23H,3-5,8-9,12-16H2,1-2H3. The van der Waals surface area contributed by atoms with E-state index >= 15 is 0 Å². The highest BCUT2D eigenvalue weighted by Crippen LogP contribution is 2.41. The highest BCUT2D eigenvalue weighted by atomic mass is 16.2. The number of anilines is 2. The third-order valence-electron chi connectivity index (χ3n) is 6.51. The third kappa shape index (κ3) is 3.24. The molecule has 0 radical (unpaired) electrons. The molecule has 0 atom stereocenters. The van der Waals surface area contributed by atoms with E-state index in [-0.39, 0.29) is 5.91 Å². The lowest BCUT2D eigenvalue weighted by Gasteiger charge is -2.49. The van der Waals surface area contributed by atoms with Crippen molar-refractivity contribution >= 4 is 17.3 Å². The molecule has 26 heavy (non-hydrogen) atoms. The predicted molar refractivity (Wildman–Crippen MR) is 108 cm³/mol. The quantitative estimate of drug-likeness (QED) is 0.879. The first-order valence-electron chi connectivity index (χ1n) is 10.5. The first-order chi connectivity index (χ1) is 12.6. The van der Waals surface area contributed by atoms with Crippen LogP contribution < -0.4 is 10.2 Å². The van der Waals surface area contributed by atoms with Crippen molar-refractivity contribution in [2.45, 2.75) is 70.4 Å². The average molecular weight is 356 g/mol. The van der Waals surface area contributed by atoms with Crippen LogP contribution in [0, 0.1) is 5.92 Å². The molecule has 0 bridgehead atoms. The van der Waals surface area contributed by atoms with E-state index in [4.69, 9.17) is 0 Å². The minimum Gasteiger partial charge on any atom is -0.369 e. The Morgan fingerprint density at radius 3 is 2.50 bits per heavy atom. The second-order valence-corrected chi connectivity index (χ2v) is 8.86. The molecule has 3 aliphatic rings. The van der Waals surface area contributed by atoms with E-state index in [1.165, 1.54) is 32.1 Å². The van der Waals surface area contributed by atoms with Gasteiger partial charge in [-0.25, -0.2) is 0 Å². The molecule has 1 saturated carbocycles. The smallest absolute Gasteiger partial charge is 0.252 e. The van der Waals surface area contributed by atoms with Crippen LogP contribution in [0.2, 0.25) is 0 Å². The maximum absolute atomic E-state index is 13.5. The number of benzene rings is 1. The van der Waals surface area contributed by atoms with Gasteiger partial charge < -0.3 is 15.1 Å². The Labute approximate surface area is 157 Å². The number of rotatable bonds is 3. The molecule has 4 nitrogen and oxygen atoms in total. The molecule has 1 saturated heterocycles. The lowest BCUT2D eigenvalue weighted by Crippen LogP contribution is -2.63. The van der Waals surface area contributed by atoms with Gasteiger partial charge in [0.1, 0.15) is 5.54 Å². The zero-order valence-corrected chi connectivity index (χ0v) is 16.3. The van der Waals surface area contributed by atoms with E-state index in [0.29, 0.717) is 5.92 Å². The summed E-state index contributed by atoms with van der Waals surface area (Å²) in [7, 11) is 0. The van der Waals surface area contributed by atoms with Crippen molar-refractivity contribution < 1.29 is 4.79 Å². The molecule has 2 aliphatic heterocycles. The summed E-state index contributed by atoms with van der Waals surface area (Å²) < 4.78 is 0. The van der Waals surface area contributed by atoms with Crippen LogP contribution in [0.5, 0.6) is 0 Å². The zero-order valence-electron chi connectivity index (χ0n) is 16.3. The van der Waals surface area contributed by atoms with E-state index in [2.05, 4.69) is 42.3 Å². The molecule has 4 heteroatoms. The van der Waals surface area contributed by atoms with E-state index in [9.17, 15) is 4.79 Å². The summed E-state index contributed by atoms with van der Waals surface area (Å²) in [4.78, 5) is 18.2. The highest BCUT2D eigenvalue weighted by Gasteiger charge is 2.48. The maximum atomic E-state index is 13.5. The molecular weight excluding hydrogens is 322 g/mol. The summed E-state index contributed by atoms with van der Waals surface area (Å²) in [5.74, 6) is 0.748. The molecule has 1 N–H and O–H groups in total. The van der Waals surface area contributed by atoms with Crippen molar-refractivity contribution in [2.24, 2.45) is 5.92 Å². The molecule has 1 spiro atoms. The van der Waals surface area contributed by atoms with E-state index < -0.39 is 5.54 Å². The first-order valence-corrected chi connectivity index (χ1v) is 10.5. The molecule has 1 aromatic rings. The highest BCUT2D eigenvalue weighted by molar-refractivity contribution is 6.08. The van der Waals surface area contributed by atoms with Crippen LogP contribution in [0.4, 0.5) is 11.4 Å². The van der Waals surface area contributed by atoms with E-state index in [1.54, 1.807) is 0 Å². The Balaban J connectivity index is 1.54. The molecule has 2 heterocycles. The number of carbonyl (C=O) groups excluding carboxylic acids is 1. The van der Waals surface area contributed by atoms with Crippen LogP contribution >= 0.6 is 0 Å². The van der Waals surface area contributed by atoms with E-state index in [0.717, 1.165) is 49.9 Å². The second-order valence-electron chi connectivity index (χ2n) is 8.86. The van der Waals surface area contributed by atoms with Crippen LogP contribution in [-0.4, -0.2) is 42.0 Å². The molecule has 1 aliphatic carbocycles. The molecule has 0 unspecified atom stereocenters. The molecule has 1 aromatic carbocycles. The van der Waals surface area contributed by atoms with Crippen LogP contribution in [-0.2, 0) is 4.79 Å². The largest absolute Gasteiger partial charge is 0.369 e. The minimum absolute atomic E-state index is 0.285. The number of nitrogens with one attached hydrogen (secondary N) is 1. The van der Waals surface area contributed by atoms with Crippen molar-refractivity contribution in [1.29, 1.82) is 0 Å². The van der Waals surface area contributed by atoms with Crippen molar-refractivity contribution in [3.63, 3.8) is 0 Å². The SMILES string of the molecule is CC(C)CN1C(=O)C2(CCN(C3CCCCC3)CC2)Nc2ccccc21. The van der Waals surface area contributed by atoms with Crippen LogP contribution in [0.3, 0.4) is 0 Å². The molecule has 1 amide bonds. The van der Waals surface area contributed by atoms with Crippen molar-refractivity contribution in [1.82, 2.24) is 4.90 Å². The van der Waals surface area contributed by atoms with Gasteiger partial charge in [-0.05, 0) is 43.7 Å². The van der Waals surface area contributed by atoms with Gasteiger partial charge in [-0.2, -0.15) is 0 Å². The summed E-state index contributed by atoms with van der Waals surface area (Å²) in [5.41, 5.74) is 1.76. The fourth-order valence-corrected chi connectivity index (χ4v) is 5.10. The van der Waals surface area contributed by atoms with Crippen LogP contribution in [0.1, 0.15) is 58.8 Å². The summed E-state index contributed by atoms with van der Waals surface area (Å²) in [6.45, 7) is 7.26. The van der Waals surface area contributed by atoms with Crippen LogP contribution in [0.15, 0.2) is 24.3 Å². The lowest BCUT2D eigenvalue weighted by molar-refractivity contribution is -0.125. The number of hydrogen-bond acceptors (Lipinski definition) is 3. The van der Waals surface area contributed by atoms with Gasteiger partial charge in [0.15, 0.2) is 0 Å². The number of piperidine rings is 1. The summed E-state index contributed by atoms with van der Waals surface area (Å²) in [6, 6.07) is 9.06. The topological polar surface area (TPSA) is 35.6 Å². The van der Waals surface area contributed by atoms with Gasteiger partial charge >= 0.3 is 0 Å². The second kappa shape index (κ2) is 7.22. The minimum atomic E-state index is -0.408. The number of carbonyl (C=O) groups is 1. The molecular formula is C22H33N3O. The maximum Gasteiger partial charge on any atom is 0.252 e. The summed E-state index contributed by atoms with van der Waals surface area (Å²) >= 11 is 0. The molecule has 142 valence electrons. The first kappa shape index (κ1) is 17.8. The van der Waals surface area contributed by atoms with Gasteiger partial charge in [0, 0.05) is 25.7 Å². The lowest BCUT2D eigenvalue weighted by atomic mass is 9.82. The fourth-order valence-electron chi connectivity index (χ4n) is 5.10. The van der Waals surface area contributed by atoms with Gasteiger partial charge in [-0.3, -0.25) is 4.79 Å². The Hall–Kier alpha value is -1.55. The summed E-state index contributed by atoms with van der Waals surface area (Å²) in [6.07, 6.45) is 8.68. The van der Waals surface area contributed by atoms with Gasteiger partial charge in [0.2, 0.25) is 0 Å². The van der Waals surface area contributed by atoms with Gasteiger partial charge in [0.25, 0.3) is 5.91 Å². The Kier molecular flexibility index (Phi) is 4.96. The van der Waals surface area contributed by atoms with Crippen molar-refractivity contribution in [2.75, 3.05) is 29.9 Å². The summed E-state index contributed by atoms with van der Waals surface area (Å²) in [5, 5.41) is 3.67. The number of likely N-dealkylation sites (tertiary alicyclic amines) is 1. The number of fused-ring (bicyclic) bond motifs is 1. The zero-order chi connectivity index (χ0) is 18.1. The molecule has 4 rings (SSSR count). The van der Waals surface area contributed by atoms with Crippen molar-refractivity contribution in [3.8, 4) is 0 Å². The predicted octanol–water partition coefficient (Wildman–Crippen LogP) is 4.27. The fraction of sp³-hybridized carbons (Fsp3) is 0.682. The number of para-hydroxylation sites is 2. The van der Waals surface area contributed by atoms with Gasteiger partial charge in [-0.15, -0.1) is 0 Å². The van der Waals surface area contributed by atoms with Gasteiger partial charge in [0.05, 0.1) is 11.4 Å².